The second-order valence-electron chi connectivity index (χ2n) is 5.00. The lowest BCUT2D eigenvalue weighted by Crippen LogP contribution is -2.27. The number of rotatable bonds is 2. The van der Waals surface area contributed by atoms with Gasteiger partial charge in [0.1, 0.15) is 0 Å². The minimum absolute atomic E-state index is 0.654. The van der Waals surface area contributed by atoms with E-state index in [9.17, 15) is 0 Å². The first-order valence-corrected chi connectivity index (χ1v) is 6.34. The van der Waals surface area contributed by atoms with Crippen LogP contribution in [0.25, 0.3) is 0 Å². The summed E-state index contributed by atoms with van der Waals surface area (Å²) in [5.74, 6) is 0.816. The van der Waals surface area contributed by atoms with Gasteiger partial charge in [-0.25, -0.2) is 0 Å². The molecule has 0 unspecified atom stereocenters. The fourth-order valence-electron chi connectivity index (χ4n) is 3.41. The number of hydrogen-bond acceptors (Lipinski definition) is 1. The van der Waals surface area contributed by atoms with Gasteiger partial charge >= 0.3 is 0 Å². The summed E-state index contributed by atoms with van der Waals surface area (Å²) in [5.41, 5.74) is 3.19. The van der Waals surface area contributed by atoms with E-state index in [4.69, 9.17) is 0 Å². The molecular weight excluding hydrogens is 194 g/mol. The molecule has 2 atom stereocenters. The van der Waals surface area contributed by atoms with Gasteiger partial charge in [0.05, 0.1) is 0 Å². The van der Waals surface area contributed by atoms with Crippen LogP contribution in [-0.2, 0) is 0 Å². The van der Waals surface area contributed by atoms with Crippen LogP contribution in [0.3, 0.4) is 0 Å². The van der Waals surface area contributed by atoms with Gasteiger partial charge in [0.15, 0.2) is 0 Å². The van der Waals surface area contributed by atoms with Gasteiger partial charge in [-0.05, 0) is 42.9 Å². The largest absolute Gasteiger partial charge is 0.293 e. The monoisotopic (exact) mass is 213 g/mol. The number of hydrogen-bond donors (Lipinski definition) is 0. The van der Waals surface area contributed by atoms with Crippen molar-refractivity contribution in [2.24, 2.45) is 0 Å². The Bertz CT molecular complexity index is 396. The van der Waals surface area contributed by atoms with Gasteiger partial charge in [0.25, 0.3) is 0 Å². The Morgan fingerprint density at radius 1 is 1.31 bits per heavy atom. The van der Waals surface area contributed by atoms with E-state index in [1.165, 1.54) is 25.8 Å². The fourth-order valence-corrected chi connectivity index (χ4v) is 3.41. The molecule has 1 heteroatoms. The molecule has 1 saturated heterocycles. The van der Waals surface area contributed by atoms with Crippen LogP contribution in [0, 0.1) is 0 Å². The number of likely N-dealkylation sites (tertiary alicyclic amines) is 1. The molecule has 0 radical (unpaired) electrons. The van der Waals surface area contributed by atoms with Crippen molar-refractivity contribution in [3.05, 3.63) is 48.0 Å². The third-order valence-electron chi connectivity index (χ3n) is 4.10. The molecule has 0 saturated carbocycles. The quantitative estimate of drug-likeness (QED) is 0.680. The van der Waals surface area contributed by atoms with Crippen LogP contribution in [0.15, 0.2) is 36.9 Å². The maximum Gasteiger partial charge on any atom is 0.0360 e. The van der Waals surface area contributed by atoms with Crippen molar-refractivity contribution in [2.45, 2.75) is 31.2 Å². The molecule has 1 aromatic carbocycles. The molecule has 84 valence electrons. The van der Waals surface area contributed by atoms with Crippen molar-refractivity contribution in [1.29, 1.82) is 0 Å². The van der Waals surface area contributed by atoms with E-state index in [0.717, 1.165) is 12.5 Å². The van der Waals surface area contributed by atoms with Crippen LogP contribution in [-0.4, -0.2) is 18.0 Å². The van der Waals surface area contributed by atoms with Crippen molar-refractivity contribution in [3.63, 3.8) is 0 Å². The Labute approximate surface area is 97.8 Å². The summed E-state index contributed by atoms with van der Waals surface area (Å²) in [5, 5.41) is 0. The first kappa shape index (κ1) is 10.1. The van der Waals surface area contributed by atoms with E-state index in [0.29, 0.717) is 6.04 Å². The molecule has 1 nitrogen and oxygen atoms in total. The van der Waals surface area contributed by atoms with Crippen LogP contribution in [0.1, 0.15) is 42.3 Å². The smallest absolute Gasteiger partial charge is 0.0360 e. The van der Waals surface area contributed by atoms with Gasteiger partial charge in [-0.15, -0.1) is 6.58 Å². The van der Waals surface area contributed by atoms with E-state index in [2.05, 4.69) is 35.7 Å². The average molecular weight is 213 g/mol. The van der Waals surface area contributed by atoms with Crippen LogP contribution in [0.2, 0.25) is 0 Å². The average Bonchev–Trinajstić information content (AvgIpc) is 2.53. The molecule has 1 heterocycles. The molecule has 3 rings (SSSR count). The molecule has 0 amide bonds. The summed E-state index contributed by atoms with van der Waals surface area (Å²) >= 11 is 0. The highest BCUT2D eigenvalue weighted by Crippen LogP contribution is 2.47. The van der Waals surface area contributed by atoms with E-state index >= 15 is 0 Å². The minimum Gasteiger partial charge on any atom is -0.293 e. The van der Waals surface area contributed by atoms with Crippen LogP contribution >= 0.6 is 0 Å². The van der Waals surface area contributed by atoms with Gasteiger partial charge < -0.3 is 0 Å². The van der Waals surface area contributed by atoms with Crippen LogP contribution < -0.4 is 0 Å². The third kappa shape index (κ3) is 1.51. The number of nitrogens with zero attached hydrogens (tertiary/aromatic N) is 1. The fraction of sp³-hybridized carbons (Fsp3) is 0.467. The zero-order valence-corrected chi connectivity index (χ0v) is 9.73. The van der Waals surface area contributed by atoms with E-state index < -0.39 is 0 Å². The maximum atomic E-state index is 3.88. The van der Waals surface area contributed by atoms with Crippen molar-refractivity contribution in [1.82, 2.24) is 4.90 Å². The highest BCUT2D eigenvalue weighted by Gasteiger charge is 2.35. The molecule has 1 aromatic rings. The molecule has 0 spiro atoms. The normalized spacial score (nSPS) is 28.5. The Morgan fingerprint density at radius 2 is 2.12 bits per heavy atom. The molecule has 16 heavy (non-hydrogen) atoms. The molecule has 2 aliphatic rings. The molecule has 1 fully saturated rings. The SMILES string of the molecule is C=CCN1CCC[C@H]2C[C@H]1c1ccccc12. The minimum atomic E-state index is 0.654. The molecule has 0 aromatic heterocycles. The lowest BCUT2D eigenvalue weighted by Gasteiger charge is -2.27. The predicted octanol–water partition coefficient (Wildman–Crippen LogP) is 3.50. The Morgan fingerprint density at radius 3 is 2.94 bits per heavy atom. The van der Waals surface area contributed by atoms with Gasteiger partial charge in [0.2, 0.25) is 0 Å². The molecule has 2 bridgehead atoms. The molecule has 1 aliphatic heterocycles. The zero-order valence-electron chi connectivity index (χ0n) is 9.73. The van der Waals surface area contributed by atoms with Gasteiger partial charge in [-0.1, -0.05) is 30.3 Å². The Balaban J connectivity index is 1.99. The lowest BCUT2D eigenvalue weighted by atomic mass is 9.96. The highest BCUT2D eigenvalue weighted by molar-refractivity contribution is 5.38. The first-order valence-electron chi connectivity index (χ1n) is 6.34. The van der Waals surface area contributed by atoms with Gasteiger partial charge in [-0.2, -0.15) is 0 Å². The molecule has 0 N–H and O–H groups in total. The summed E-state index contributed by atoms with van der Waals surface area (Å²) in [6.07, 6.45) is 6.07. The standard InChI is InChI=1S/C15H19N/c1-2-9-16-10-5-6-12-11-15(16)14-8-4-3-7-13(12)14/h2-4,7-8,12,15H,1,5-6,9-11H2/t12-,15-/m0/s1. The third-order valence-corrected chi connectivity index (χ3v) is 4.10. The van der Waals surface area contributed by atoms with E-state index in [1.807, 2.05) is 6.08 Å². The van der Waals surface area contributed by atoms with Crippen molar-refractivity contribution in [2.75, 3.05) is 13.1 Å². The van der Waals surface area contributed by atoms with Crippen molar-refractivity contribution >= 4 is 0 Å². The summed E-state index contributed by atoms with van der Waals surface area (Å²) in [6, 6.07) is 9.68. The van der Waals surface area contributed by atoms with Crippen LogP contribution in [0.5, 0.6) is 0 Å². The Hall–Kier alpha value is -1.08. The Kier molecular flexibility index (Phi) is 2.56. The zero-order chi connectivity index (χ0) is 11.0. The van der Waals surface area contributed by atoms with Gasteiger partial charge in [-0.3, -0.25) is 4.90 Å². The van der Waals surface area contributed by atoms with Crippen LogP contribution in [0.4, 0.5) is 0 Å². The van der Waals surface area contributed by atoms with E-state index in [-0.39, 0.29) is 0 Å². The van der Waals surface area contributed by atoms with Crippen molar-refractivity contribution < 1.29 is 0 Å². The highest BCUT2D eigenvalue weighted by atomic mass is 15.2. The first-order chi connectivity index (χ1) is 7.90. The topological polar surface area (TPSA) is 3.24 Å². The summed E-state index contributed by atoms with van der Waals surface area (Å²) in [4.78, 5) is 2.60. The van der Waals surface area contributed by atoms with E-state index in [1.54, 1.807) is 11.1 Å². The summed E-state index contributed by atoms with van der Waals surface area (Å²) in [6.45, 7) is 6.15. The summed E-state index contributed by atoms with van der Waals surface area (Å²) < 4.78 is 0. The lowest BCUT2D eigenvalue weighted by molar-refractivity contribution is 0.230. The van der Waals surface area contributed by atoms with Gasteiger partial charge in [0, 0.05) is 12.6 Å². The molecule has 1 aliphatic carbocycles. The predicted molar refractivity (Wildman–Crippen MR) is 67.5 cm³/mol. The second kappa shape index (κ2) is 4.06. The summed E-state index contributed by atoms with van der Waals surface area (Å²) in [7, 11) is 0. The van der Waals surface area contributed by atoms with Crippen molar-refractivity contribution in [3.8, 4) is 0 Å². The molecular formula is C15H19N. The maximum absolute atomic E-state index is 3.88. The number of benzene rings is 1. The number of fused-ring (bicyclic) bond motifs is 5. The second-order valence-corrected chi connectivity index (χ2v) is 5.00.